The standard InChI is InChI=1S/C13H15N3O4/c1-2-15-8-9(6-12(15)17)13(18)14-10-4-3-5-11(7-10)16(19)20/h3-5,7,9H,2,6,8H2,1H3,(H,14,18). The number of hydrogen-bond donors (Lipinski definition) is 1. The zero-order valence-corrected chi connectivity index (χ0v) is 11.0. The topological polar surface area (TPSA) is 92.6 Å². The van der Waals surface area contributed by atoms with Gasteiger partial charge < -0.3 is 10.2 Å². The molecule has 7 heteroatoms. The fourth-order valence-corrected chi connectivity index (χ4v) is 2.19. The summed E-state index contributed by atoms with van der Waals surface area (Å²) >= 11 is 0. The predicted octanol–water partition coefficient (Wildman–Crippen LogP) is 1.40. The van der Waals surface area contributed by atoms with Crippen LogP contribution in [0.2, 0.25) is 0 Å². The molecular formula is C13H15N3O4. The second kappa shape index (κ2) is 5.68. The number of nitrogens with one attached hydrogen (secondary N) is 1. The van der Waals surface area contributed by atoms with Gasteiger partial charge in [0.05, 0.1) is 10.8 Å². The third kappa shape index (κ3) is 2.93. The van der Waals surface area contributed by atoms with Crippen molar-refractivity contribution in [3.8, 4) is 0 Å². The average molecular weight is 277 g/mol. The van der Waals surface area contributed by atoms with Gasteiger partial charge in [0.2, 0.25) is 11.8 Å². The summed E-state index contributed by atoms with van der Waals surface area (Å²) < 4.78 is 0. The minimum absolute atomic E-state index is 0.0355. The molecule has 0 aliphatic carbocycles. The number of rotatable bonds is 4. The average Bonchev–Trinajstić information content (AvgIpc) is 2.80. The van der Waals surface area contributed by atoms with Crippen molar-refractivity contribution in [2.24, 2.45) is 5.92 Å². The number of nitrogens with zero attached hydrogens (tertiary/aromatic N) is 2. The van der Waals surface area contributed by atoms with Crippen LogP contribution in [0.25, 0.3) is 0 Å². The van der Waals surface area contributed by atoms with E-state index in [2.05, 4.69) is 5.32 Å². The molecule has 1 aliphatic heterocycles. The van der Waals surface area contributed by atoms with Gasteiger partial charge in [0.15, 0.2) is 0 Å². The van der Waals surface area contributed by atoms with E-state index in [9.17, 15) is 19.7 Å². The van der Waals surface area contributed by atoms with Gasteiger partial charge in [-0.15, -0.1) is 0 Å². The van der Waals surface area contributed by atoms with Gasteiger partial charge in [-0.1, -0.05) is 6.07 Å². The Labute approximate surface area is 115 Å². The summed E-state index contributed by atoms with van der Waals surface area (Å²) in [6.07, 6.45) is 0.189. The lowest BCUT2D eigenvalue weighted by Gasteiger charge is -2.13. The SMILES string of the molecule is CCN1CC(C(=O)Nc2cccc([N+](=O)[O-])c2)CC1=O. The van der Waals surface area contributed by atoms with Crippen molar-refractivity contribution >= 4 is 23.2 Å². The van der Waals surface area contributed by atoms with E-state index >= 15 is 0 Å². The van der Waals surface area contributed by atoms with Gasteiger partial charge in [-0.25, -0.2) is 0 Å². The van der Waals surface area contributed by atoms with Crippen molar-refractivity contribution in [1.82, 2.24) is 4.90 Å². The predicted molar refractivity (Wildman–Crippen MR) is 72.1 cm³/mol. The lowest BCUT2D eigenvalue weighted by Crippen LogP contribution is -2.28. The van der Waals surface area contributed by atoms with Crippen LogP contribution in [0.3, 0.4) is 0 Å². The maximum Gasteiger partial charge on any atom is 0.271 e. The molecule has 7 nitrogen and oxygen atoms in total. The summed E-state index contributed by atoms with van der Waals surface area (Å²) in [6, 6.07) is 5.74. The highest BCUT2D eigenvalue weighted by molar-refractivity contribution is 5.97. The minimum atomic E-state index is -0.520. The molecule has 0 aromatic heterocycles. The van der Waals surface area contributed by atoms with Crippen LogP contribution in [-0.2, 0) is 9.59 Å². The Kier molecular flexibility index (Phi) is 3.97. The van der Waals surface area contributed by atoms with E-state index in [0.29, 0.717) is 18.8 Å². The molecule has 0 bridgehead atoms. The summed E-state index contributed by atoms with van der Waals surface area (Å²) in [7, 11) is 0. The molecule has 1 aromatic rings. The normalized spacial score (nSPS) is 18.1. The molecule has 0 saturated carbocycles. The number of carbonyl (C=O) groups is 2. The molecule has 1 heterocycles. The quantitative estimate of drug-likeness (QED) is 0.665. The molecule has 1 aliphatic rings. The highest BCUT2D eigenvalue weighted by Crippen LogP contribution is 2.21. The largest absolute Gasteiger partial charge is 0.342 e. The summed E-state index contributed by atoms with van der Waals surface area (Å²) in [6.45, 7) is 2.84. The first kappa shape index (κ1) is 14.0. The third-order valence-electron chi connectivity index (χ3n) is 3.29. The number of anilines is 1. The van der Waals surface area contributed by atoms with E-state index in [1.54, 1.807) is 11.0 Å². The first-order valence-corrected chi connectivity index (χ1v) is 6.34. The van der Waals surface area contributed by atoms with Gasteiger partial charge in [-0.2, -0.15) is 0 Å². The summed E-state index contributed by atoms with van der Waals surface area (Å²) in [5, 5.41) is 13.3. The summed E-state index contributed by atoms with van der Waals surface area (Å²) in [4.78, 5) is 35.4. The molecule has 0 spiro atoms. The number of amides is 2. The number of carbonyl (C=O) groups excluding carboxylic acids is 2. The first-order chi connectivity index (χ1) is 9.51. The Bertz CT molecular complexity index is 558. The van der Waals surface area contributed by atoms with E-state index in [0.717, 1.165) is 0 Å². The number of nitro groups is 1. The molecular weight excluding hydrogens is 262 g/mol. The Morgan fingerprint density at radius 1 is 1.55 bits per heavy atom. The number of likely N-dealkylation sites (tertiary alicyclic amines) is 1. The minimum Gasteiger partial charge on any atom is -0.342 e. The second-order valence-electron chi connectivity index (χ2n) is 4.63. The number of benzene rings is 1. The Morgan fingerprint density at radius 3 is 2.90 bits per heavy atom. The van der Waals surface area contributed by atoms with Gasteiger partial charge in [0.1, 0.15) is 0 Å². The van der Waals surface area contributed by atoms with Crippen LogP contribution in [0.4, 0.5) is 11.4 Å². The Hall–Kier alpha value is -2.44. The maximum atomic E-state index is 12.0. The number of hydrogen-bond acceptors (Lipinski definition) is 4. The van der Waals surface area contributed by atoms with Crippen molar-refractivity contribution in [2.45, 2.75) is 13.3 Å². The van der Waals surface area contributed by atoms with Crippen LogP contribution in [0.1, 0.15) is 13.3 Å². The highest BCUT2D eigenvalue weighted by atomic mass is 16.6. The van der Waals surface area contributed by atoms with Crippen molar-refractivity contribution in [1.29, 1.82) is 0 Å². The number of nitro benzene ring substituents is 1. The van der Waals surface area contributed by atoms with Crippen molar-refractivity contribution in [2.75, 3.05) is 18.4 Å². The molecule has 1 saturated heterocycles. The molecule has 1 atom stereocenters. The maximum absolute atomic E-state index is 12.0. The Balaban J connectivity index is 2.03. The molecule has 2 rings (SSSR count). The van der Waals surface area contributed by atoms with Crippen molar-refractivity contribution in [3.63, 3.8) is 0 Å². The molecule has 1 aromatic carbocycles. The Morgan fingerprint density at radius 2 is 2.30 bits per heavy atom. The van der Waals surface area contributed by atoms with Crippen LogP contribution < -0.4 is 5.32 Å². The fraction of sp³-hybridized carbons (Fsp3) is 0.385. The van der Waals surface area contributed by atoms with Gasteiger partial charge in [-0.05, 0) is 13.0 Å². The van der Waals surface area contributed by atoms with E-state index in [1.165, 1.54) is 18.2 Å². The van der Waals surface area contributed by atoms with Gasteiger partial charge >= 0.3 is 0 Å². The molecule has 2 amide bonds. The number of non-ortho nitro benzene ring substituents is 1. The summed E-state index contributed by atoms with van der Waals surface area (Å²) in [5.74, 6) is -0.719. The molecule has 1 unspecified atom stereocenters. The smallest absolute Gasteiger partial charge is 0.271 e. The molecule has 20 heavy (non-hydrogen) atoms. The van der Waals surface area contributed by atoms with E-state index in [4.69, 9.17) is 0 Å². The second-order valence-corrected chi connectivity index (χ2v) is 4.63. The molecule has 1 N–H and O–H groups in total. The van der Waals surface area contributed by atoms with Crippen molar-refractivity contribution in [3.05, 3.63) is 34.4 Å². The lowest BCUT2D eigenvalue weighted by atomic mass is 10.1. The van der Waals surface area contributed by atoms with Crippen LogP contribution in [0.5, 0.6) is 0 Å². The first-order valence-electron chi connectivity index (χ1n) is 6.34. The highest BCUT2D eigenvalue weighted by Gasteiger charge is 2.33. The van der Waals surface area contributed by atoms with Crippen molar-refractivity contribution < 1.29 is 14.5 Å². The monoisotopic (exact) mass is 277 g/mol. The van der Waals surface area contributed by atoms with Crippen LogP contribution >= 0.6 is 0 Å². The third-order valence-corrected chi connectivity index (χ3v) is 3.29. The zero-order valence-electron chi connectivity index (χ0n) is 11.0. The molecule has 1 fully saturated rings. The van der Waals surface area contributed by atoms with Crippen LogP contribution in [0, 0.1) is 16.0 Å². The van der Waals surface area contributed by atoms with Gasteiger partial charge in [0.25, 0.3) is 5.69 Å². The van der Waals surface area contributed by atoms with Crippen LogP contribution in [0.15, 0.2) is 24.3 Å². The van der Waals surface area contributed by atoms with Gasteiger partial charge in [0, 0.05) is 37.3 Å². The fourth-order valence-electron chi connectivity index (χ4n) is 2.19. The van der Waals surface area contributed by atoms with Crippen LogP contribution in [-0.4, -0.2) is 34.7 Å². The summed E-state index contributed by atoms with van der Waals surface area (Å²) in [5.41, 5.74) is 0.284. The van der Waals surface area contributed by atoms with E-state index in [-0.39, 0.29) is 23.9 Å². The molecule has 106 valence electrons. The van der Waals surface area contributed by atoms with E-state index in [1.807, 2.05) is 6.92 Å². The lowest BCUT2D eigenvalue weighted by molar-refractivity contribution is -0.384. The molecule has 0 radical (unpaired) electrons. The zero-order chi connectivity index (χ0) is 14.7. The van der Waals surface area contributed by atoms with Gasteiger partial charge in [-0.3, -0.25) is 19.7 Å². The van der Waals surface area contributed by atoms with E-state index < -0.39 is 10.8 Å².